The molecule has 0 bridgehead atoms. The summed E-state index contributed by atoms with van der Waals surface area (Å²) in [6.45, 7) is 2.01. The van der Waals surface area contributed by atoms with Crippen molar-refractivity contribution in [3.8, 4) is 11.4 Å². The van der Waals surface area contributed by atoms with E-state index in [1.807, 2.05) is 0 Å². The molecule has 0 amide bonds. The minimum atomic E-state index is -4.47. The molecule has 0 aliphatic heterocycles. The van der Waals surface area contributed by atoms with Crippen molar-refractivity contribution in [3.05, 3.63) is 59.9 Å². The summed E-state index contributed by atoms with van der Waals surface area (Å²) in [5.74, 6) is -0.761. The topological polar surface area (TPSA) is 106 Å². The lowest BCUT2D eigenvalue weighted by molar-refractivity contribution is -0.137. The van der Waals surface area contributed by atoms with E-state index in [9.17, 15) is 18.0 Å². The summed E-state index contributed by atoms with van der Waals surface area (Å²) >= 11 is 0. The molecule has 8 nitrogen and oxygen atoms in total. The van der Waals surface area contributed by atoms with Gasteiger partial charge >= 0.3 is 12.1 Å². The summed E-state index contributed by atoms with van der Waals surface area (Å²) in [4.78, 5) is 18.7. The molecule has 0 fully saturated rings. The number of aryl methyl sites for hydroxylation is 1. The largest absolute Gasteiger partial charge is 0.478 e. The van der Waals surface area contributed by atoms with Crippen LogP contribution < -0.4 is 5.32 Å². The molecule has 150 valence electrons. The molecular formula is C18H15F3N6O2. The van der Waals surface area contributed by atoms with Gasteiger partial charge in [-0.15, -0.1) is 5.10 Å². The van der Waals surface area contributed by atoms with E-state index < -0.39 is 17.7 Å². The Morgan fingerprint density at radius 3 is 2.76 bits per heavy atom. The molecule has 0 atom stereocenters. The van der Waals surface area contributed by atoms with E-state index in [4.69, 9.17) is 5.11 Å². The van der Waals surface area contributed by atoms with Crippen molar-refractivity contribution in [2.24, 2.45) is 0 Å². The predicted octanol–water partition coefficient (Wildman–Crippen LogP) is 3.45. The zero-order valence-electron chi connectivity index (χ0n) is 15.1. The summed E-state index contributed by atoms with van der Waals surface area (Å²) in [6, 6.07) is 5.18. The Hall–Kier alpha value is -3.76. The molecule has 0 aliphatic rings. The first-order valence-corrected chi connectivity index (χ1v) is 8.29. The predicted molar refractivity (Wildman–Crippen MR) is 97.3 cm³/mol. The number of nitrogens with zero attached hydrogens (tertiary/aromatic N) is 5. The zero-order chi connectivity index (χ0) is 21.0. The van der Waals surface area contributed by atoms with Crippen molar-refractivity contribution in [3.63, 3.8) is 0 Å². The fraction of sp³-hybridized carbons (Fsp3) is 0.167. The molecule has 29 heavy (non-hydrogen) atoms. The number of hydrogen-bond acceptors (Lipinski definition) is 6. The van der Waals surface area contributed by atoms with Crippen molar-refractivity contribution in [1.29, 1.82) is 0 Å². The Morgan fingerprint density at radius 2 is 2.03 bits per heavy atom. The van der Waals surface area contributed by atoms with Crippen molar-refractivity contribution in [2.75, 3.05) is 5.32 Å². The fourth-order valence-corrected chi connectivity index (χ4v) is 2.44. The number of aromatic nitrogens is 5. The third kappa shape index (κ3) is 5.37. The summed E-state index contributed by atoms with van der Waals surface area (Å²) in [7, 11) is 0. The van der Waals surface area contributed by atoms with Gasteiger partial charge in [0.1, 0.15) is 17.3 Å². The van der Waals surface area contributed by atoms with Crippen molar-refractivity contribution in [2.45, 2.75) is 19.6 Å². The maximum atomic E-state index is 12.9. The molecule has 0 saturated carbocycles. The number of carbonyl (C=O) groups is 1. The summed E-state index contributed by atoms with van der Waals surface area (Å²) in [5.41, 5.74) is 0.857. The minimum Gasteiger partial charge on any atom is -0.478 e. The van der Waals surface area contributed by atoms with Gasteiger partial charge in [0, 0.05) is 12.3 Å². The van der Waals surface area contributed by atoms with Crippen LogP contribution in [0.3, 0.4) is 0 Å². The number of hydrogen-bond donors (Lipinski definition) is 2. The molecule has 0 aromatic carbocycles. The molecule has 0 saturated heterocycles. The van der Waals surface area contributed by atoms with Crippen LogP contribution in [0, 0.1) is 6.92 Å². The second kappa shape index (κ2) is 8.09. The molecule has 2 N–H and O–H groups in total. The Kier molecular flexibility index (Phi) is 5.57. The summed E-state index contributed by atoms with van der Waals surface area (Å²) in [5, 5.41) is 19.3. The average Bonchev–Trinajstić information content (AvgIpc) is 3.09. The minimum absolute atomic E-state index is 0.00587. The zero-order valence-corrected chi connectivity index (χ0v) is 15.1. The van der Waals surface area contributed by atoms with Gasteiger partial charge < -0.3 is 10.4 Å². The van der Waals surface area contributed by atoms with E-state index in [1.165, 1.54) is 10.8 Å². The van der Waals surface area contributed by atoms with E-state index >= 15 is 0 Å². The van der Waals surface area contributed by atoms with Crippen LogP contribution in [0.2, 0.25) is 0 Å². The summed E-state index contributed by atoms with van der Waals surface area (Å²) in [6.07, 6.45) is 0.587. The lowest BCUT2D eigenvalue weighted by Gasteiger charge is -2.10. The number of anilines is 2. The van der Waals surface area contributed by atoms with Crippen LogP contribution in [-0.2, 0) is 17.5 Å². The van der Waals surface area contributed by atoms with Gasteiger partial charge in [0.05, 0.1) is 24.0 Å². The van der Waals surface area contributed by atoms with Crippen LogP contribution in [0.25, 0.3) is 11.4 Å². The molecule has 0 aliphatic carbocycles. The highest BCUT2D eigenvalue weighted by atomic mass is 19.4. The first-order chi connectivity index (χ1) is 13.7. The lowest BCUT2D eigenvalue weighted by Crippen LogP contribution is -2.06. The highest BCUT2D eigenvalue weighted by molar-refractivity contribution is 5.79. The number of carboxylic acids is 1. The SMILES string of the molecule is Cc1cc(Nc2cc(C(F)(F)F)ccn2)nc(-c2cn(C/C=C/C(=O)O)nn2)c1. The second-order valence-corrected chi connectivity index (χ2v) is 6.03. The highest BCUT2D eigenvalue weighted by Crippen LogP contribution is 2.30. The molecule has 0 spiro atoms. The average molecular weight is 404 g/mol. The fourth-order valence-electron chi connectivity index (χ4n) is 2.44. The smallest absolute Gasteiger partial charge is 0.416 e. The first-order valence-electron chi connectivity index (χ1n) is 8.29. The maximum Gasteiger partial charge on any atom is 0.416 e. The van der Waals surface area contributed by atoms with Crippen LogP contribution in [0.4, 0.5) is 24.8 Å². The molecule has 0 unspecified atom stereocenters. The highest BCUT2D eigenvalue weighted by Gasteiger charge is 2.30. The van der Waals surface area contributed by atoms with Gasteiger partial charge in [0.2, 0.25) is 0 Å². The number of allylic oxidation sites excluding steroid dienone is 1. The van der Waals surface area contributed by atoms with Gasteiger partial charge in [-0.2, -0.15) is 13.2 Å². The van der Waals surface area contributed by atoms with Crippen LogP contribution >= 0.6 is 0 Å². The van der Waals surface area contributed by atoms with E-state index in [0.717, 1.165) is 30.0 Å². The van der Waals surface area contributed by atoms with Crippen LogP contribution in [0.5, 0.6) is 0 Å². The number of aliphatic carboxylic acids is 1. The molecule has 3 heterocycles. The number of rotatable bonds is 6. The quantitative estimate of drug-likeness (QED) is 0.606. The Labute approximate surface area is 162 Å². The Balaban J connectivity index is 1.82. The molecular weight excluding hydrogens is 389 g/mol. The third-order valence-electron chi connectivity index (χ3n) is 3.67. The van der Waals surface area contributed by atoms with Crippen molar-refractivity contribution in [1.82, 2.24) is 25.0 Å². The van der Waals surface area contributed by atoms with Gasteiger partial charge in [-0.1, -0.05) is 11.3 Å². The Morgan fingerprint density at radius 1 is 1.24 bits per heavy atom. The molecule has 0 radical (unpaired) electrons. The van der Waals surface area contributed by atoms with E-state index in [2.05, 4.69) is 25.6 Å². The van der Waals surface area contributed by atoms with Gasteiger partial charge in [0.15, 0.2) is 0 Å². The first kappa shape index (κ1) is 20.0. The number of alkyl halides is 3. The van der Waals surface area contributed by atoms with Crippen molar-refractivity contribution >= 4 is 17.6 Å². The number of halogens is 3. The Bertz CT molecular complexity index is 1060. The van der Waals surface area contributed by atoms with Crippen LogP contribution in [-0.4, -0.2) is 36.0 Å². The molecule has 3 aromatic rings. The van der Waals surface area contributed by atoms with Gasteiger partial charge in [-0.3, -0.25) is 0 Å². The second-order valence-electron chi connectivity index (χ2n) is 6.03. The normalized spacial score (nSPS) is 11.7. The van der Waals surface area contributed by atoms with E-state index in [-0.39, 0.29) is 12.4 Å². The lowest BCUT2D eigenvalue weighted by atomic mass is 10.2. The van der Waals surface area contributed by atoms with Crippen LogP contribution in [0.1, 0.15) is 11.1 Å². The number of carboxylic acid groups (broad SMARTS) is 1. The van der Waals surface area contributed by atoms with Gasteiger partial charge in [-0.25, -0.2) is 19.4 Å². The van der Waals surface area contributed by atoms with Crippen molar-refractivity contribution < 1.29 is 23.1 Å². The van der Waals surface area contributed by atoms with Gasteiger partial charge in [-0.05, 0) is 36.8 Å². The summed E-state index contributed by atoms with van der Waals surface area (Å²) < 4.78 is 40.0. The molecule has 3 aromatic heterocycles. The monoisotopic (exact) mass is 404 g/mol. The third-order valence-corrected chi connectivity index (χ3v) is 3.67. The van der Waals surface area contributed by atoms with E-state index in [1.54, 1.807) is 25.3 Å². The molecule has 11 heteroatoms. The molecule has 3 rings (SSSR count). The van der Waals surface area contributed by atoms with Crippen LogP contribution in [0.15, 0.2) is 48.8 Å². The number of pyridine rings is 2. The number of nitrogens with one attached hydrogen (secondary N) is 1. The maximum absolute atomic E-state index is 12.9. The standard InChI is InChI=1S/C18H15F3N6O2/c1-11-7-13(14-10-27(26-25-14)6-2-3-17(28)29)23-16(8-11)24-15-9-12(4-5-22-15)18(19,20)21/h2-5,7-10H,6H2,1H3,(H,28,29)(H,22,23,24)/b3-2+. The van der Waals surface area contributed by atoms with E-state index in [0.29, 0.717) is 17.2 Å². The van der Waals surface area contributed by atoms with Gasteiger partial charge in [0.25, 0.3) is 0 Å².